The number of hydrogen-bond acceptors (Lipinski definition) is 4. The standard InChI is InChI=1S/C10H7FIN3O/c11-6-1-5(2-7(16)3-6)10-14-4-8(12)9(13)15-10/h1-4,16H,(H2,13,14,15). The van der Waals surface area contributed by atoms with Gasteiger partial charge in [-0.25, -0.2) is 14.4 Å². The topological polar surface area (TPSA) is 72.0 Å². The first-order valence-corrected chi connectivity index (χ1v) is 5.42. The van der Waals surface area contributed by atoms with E-state index in [1.165, 1.54) is 12.1 Å². The normalized spacial score (nSPS) is 10.4. The third-order valence-electron chi connectivity index (χ3n) is 1.91. The maximum absolute atomic E-state index is 13.0. The van der Waals surface area contributed by atoms with Gasteiger partial charge in [-0.05, 0) is 34.7 Å². The van der Waals surface area contributed by atoms with E-state index < -0.39 is 5.82 Å². The third kappa shape index (κ3) is 2.21. The molecule has 1 heterocycles. The number of rotatable bonds is 1. The van der Waals surface area contributed by atoms with Crippen LogP contribution in [-0.4, -0.2) is 15.1 Å². The van der Waals surface area contributed by atoms with Crippen LogP contribution in [0.25, 0.3) is 11.4 Å². The number of nitrogens with two attached hydrogens (primary N) is 1. The lowest BCUT2D eigenvalue weighted by Gasteiger charge is -2.03. The molecule has 3 N–H and O–H groups in total. The van der Waals surface area contributed by atoms with Crippen molar-refractivity contribution in [1.82, 2.24) is 9.97 Å². The van der Waals surface area contributed by atoms with Crippen molar-refractivity contribution in [3.63, 3.8) is 0 Å². The van der Waals surface area contributed by atoms with Gasteiger partial charge in [-0.15, -0.1) is 0 Å². The molecule has 0 aliphatic carbocycles. The second-order valence-electron chi connectivity index (χ2n) is 3.12. The summed E-state index contributed by atoms with van der Waals surface area (Å²) < 4.78 is 13.8. The van der Waals surface area contributed by atoms with E-state index in [9.17, 15) is 9.50 Å². The van der Waals surface area contributed by atoms with E-state index in [-0.39, 0.29) is 11.6 Å². The molecule has 0 radical (unpaired) electrons. The summed E-state index contributed by atoms with van der Waals surface area (Å²) in [6.45, 7) is 0. The lowest BCUT2D eigenvalue weighted by atomic mass is 10.2. The Kier molecular flexibility index (Phi) is 2.90. The third-order valence-corrected chi connectivity index (χ3v) is 2.74. The van der Waals surface area contributed by atoms with E-state index in [0.29, 0.717) is 11.4 Å². The van der Waals surface area contributed by atoms with Gasteiger partial charge in [-0.3, -0.25) is 0 Å². The van der Waals surface area contributed by atoms with Gasteiger partial charge >= 0.3 is 0 Å². The van der Waals surface area contributed by atoms with Crippen LogP contribution in [0.1, 0.15) is 0 Å². The minimum absolute atomic E-state index is 0.171. The van der Waals surface area contributed by atoms with Crippen LogP contribution in [0.5, 0.6) is 5.75 Å². The fourth-order valence-electron chi connectivity index (χ4n) is 1.22. The van der Waals surface area contributed by atoms with Gasteiger partial charge in [0.15, 0.2) is 5.82 Å². The maximum atomic E-state index is 13.0. The minimum atomic E-state index is -0.546. The average Bonchev–Trinajstić information content (AvgIpc) is 2.20. The van der Waals surface area contributed by atoms with Gasteiger partial charge in [-0.1, -0.05) is 0 Å². The highest BCUT2D eigenvalue weighted by Gasteiger charge is 2.07. The molecule has 0 bridgehead atoms. The monoisotopic (exact) mass is 331 g/mol. The lowest BCUT2D eigenvalue weighted by Crippen LogP contribution is -1.98. The molecule has 4 nitrogen and oxygen atoms in total. The van der Waals surface area contributed by atoms with E-state index in [2.05, 4.69) is 9.97 Å². The first-order chi connectivity index (χ1) is 7.56. The van der Waals surface area contributed by atoms with Crippen LogP contribution >= 0.6 is 22.6 Å². The quantitative estimate of drug-likeness (QED) is 0.786. The van der Waals surface area contributed by atoms with Crippen molar-refractivity contribution in [1.29, 1.82) is 0 Å². The van der Waals surface area contributed by atoms with E-state index in [1.807, 2.05) is 22.6 Å². The van der Waals surface area contributed by atoms with Crippen LogP contribution in [0.3, 0.4) is 0 Å². The molecule has 16 heavy (non-hydrogen) atoms. The average molecular weight is 331 g/mol. The van der Waals surface area contributed by atoms with Gasteiger partial charge in [0, 0.05) is 17.8 Å². The summed E-state index contributed by atoms with van der Waals surface area (Å²) in [6, 6.07) is 3.63. The zero-order valence-electron chi connectivity index (χ0n) is 7.98. The molecular weight excluding hydrogens is 324 g/mol. The summed E-state index contributed by atoms with van der Waals surface area (Å²) >= 11 is 2.00. The number of aromatic hydroxyl groups is 1. The van der Waals surface area contributed by atoms with Crippen LogP contribution in [0.2, 0.25) is 0 Å². The summed E-state index contributed by atoms with van der Waals surface area (Å²) in [5.74, 6) is -0.103. The molecule has 1 aromatic heterocycles. The number of nitrogen functional groups attached to an aromatic ring is 1. The lowest BCUT2D eigenvalue weighted by molar-refractivity contribution is 0.469. The number of phenols is 1. The Morgan fingerprint density at radius 3 is 2.69 bits per heavy atom. The molecule has 0 aliphatic rings. The highest BCUT2D eigenvalue weighted by atomic mass is 127. The SMILES string of the molecule is Nc1nc(-c2cc(O)cc(F)c2)ncc1I. The number of nitrogens with zero attached hydrogens (tertiary/aromatic N) is 2. The second-order valence-corrected chi connectivity index (χ2v) is 4.29. The van der Waals surface area contributed by atoms with E-state index in [1.54, 1.807) is 6.20 Å². The summed E-state index contributed by atoms with van der Waals surface area (Å²) in [7, 11) is 0. The van der Waals surface area contributed by atoms with Crippen LogP contribution in [-0.2, 0) is 0 Å². The van der Waals surface area contributed by atoms with Crippen LogP contribution in [0, 0.1) is 9.39 Å². The predicted octanol–water partition coefficient (Wildman–Crippen LogP) is 2.18. The van der Waals surface area contributed by atoms with Crippen molar-refractivity contribution in [2.45, 2.75) is 0 Å². The van der Waals surface area contributed by atoms with Crippen molar-refractivity contribution in [2.75, 3.05) is 5.73 Å². The predicted molar refractivity (Wildman–Crippen MR) is 66.2 cm³/mol. The molecule has 2 aromatic rings. The van der Waals surface area contributed by atoms with Crippen molar-refractivity contribution in [3.05, 3.63) is 33.8 Å². The molecule has 1 aromatic carbocycles. The van der Waals surface area contributed by atoms with Gasteiger partial charge in [-0.2, -0.15) is 0 Å². The smallest absolute Gasteiger partial charge is 0.161 e. The van der Waals surface area contributed by atoms with Crippen molar-refractivity contribution < 1.29 is 9.50 Å². The number of halogens is 2. The van der Waals surface area contributed by atoms with Crippen LogP contribution in [0.15, 0.2) is 24.4 Å². The zero-order valence-corrected chi connectivity index (χ0v) is 10.1. The number of hydrogen-bond donors (Lipinski definition) is 2. The molecule has 82 valence electrons. The minimum Gasteiger partial charge on any atom is -0.508 e. The molecule has 0 aliphatic heterocycles. The van der Waals surface area contributed by atoms with Crippen LogP contribution in [0.4, 0.5) is 10.2 Å². The molecule has 0 fully saturated rings. The zero-order chi connectivity index (χ0) is 11.7. The Hall–Kier alpha value is -1.44. The molecule has 0 atom stereocenters. The Bertz CT molecular complexity index is 527. The molecule has 0 saturated heterocycles. The largest absolute Gasteiger partial charge is 0.508 e. The molecule has 6 heteroatoms. The Morgan fingerprint density at radius 1 is 1.31 bits per heavy atom. The maximum Gasteiger partial charge on any atom is 0.161 e. The van der Waals surface area contributed by atoms with Gasteiger partial charge in [0.2, 0.25) is 0 Å². The number of anilines is 1. The Balaban J connectivity index is 2.54. The molecule has 2 rings (SSSR count). The molecule has 0 amide bonds. The van der Waals surface area contributed by atoms with E-state index in [4.69, 9.17) is 5.73 Å². The molecule has 0 spiro atoms. The first-order valence-electron chi connectivity index (χ1n) is 4.34. The van der Waals surface area contributed by atoms with E-state index in [0.717, 1.165) is 9.64 Å². The van der Waals surface area contributed by atoms with Gasteiger partial charge < -0.3 is 10.8 Å². The fourth-order valence-corrected chi connectivity index (χ4v) is 1.48. The number of phenolic OH excluding ortho intramolecular Hbond substituents is 1. The summed E-state index contributed by atoms with van der Waals surface area (Å²) in [4.78, 5) is 8.02. The second kappa shape index (κ2) is 4.20. The highest BCUT2D eigenvalue weighted by Crippen LogP contribution is 2.23. The number of aromatic nitrogens is 2. The fraction of sp³-hybridized carbons (Fsp3) is 0. The van der Waals surface area contributed by atoms with Gasteiger partial charge in [0.25, 0.3) is 0 Å². The Labute approximate surface area is 104 Å². The Morgan fingerprint density at radius 2 is 2.06 bits per heavy atom. The molecular formula is C10H7FIN3O. The molecule has 0 saturated carbocycles. The van der Waals surface area contributed by atoms with Crippen molar-refractivity contribution in [2.24, 2.45) is 0 Å². The first kappa shape index (κ1) is 11.1. The van der Waals surface area contributed by atoms with Gasteiger partial charge in [0.1, 0.15) is 17.4 Å². The van der Waals surface area contributed by atoms with E-state index >= 15 is 0 Å². The van der Waals surface area contributed by atoms with Crippen LogP contribution < -0.4 is 5.73 Å². The van der Waals surface area contributed by atoms with Crippen molar-refractivity contribution >= 4 is 28.4 Å². The van der Waals surface area contributed by atoms with Crippen molar-refractivity contribution in [3.8, 4) is 17.1 Å². The number of benzene rings is 1. The summed E-state index contributed by atoms with van der Waals surface area (Å²) in [5.41, 5.74) is 6.01. The summed E-state index contributed by atoms with van der Waals surface area (Å²) in [5, 5.41) is 9.25. The molecule has 0 unspecified atom stereocenters. The highest BCUT2D eigenvalue weighted by molar-refractivity contribution is 14.1. The van der Waals surface area contributed by atoms with Gasteiger partial charge in [0.05, 0.1) is 3.57 Å². The summed E-state index contributed by atoms with van der Waals surface area (Å²) in [6.07, 6.45) is 1.54.